The Bertz CT molecular complexity index is 1360. The zero-order valence-corrected chi connectivity index (χ0v) is 17.7. The summed E-state index contributed by atoms with van der Waals surface area (Å²) < 4.78 is 32.8. The van der Waals surface area contributed by atoms with E-state index in [4.69, 9.17) is 16.3 Å². The van der Waals surface area contributed by atoms with Crippen molar-refractivity contribution in [1.29, 1.82) is 0 Å². The molecule has 0 saturated carbocycles. The van der Waals surface area contributed by atoms with Crippen LogP contribution in [0.15, 0.2) is 71.8 Å². The van der Waals surface area contributed by atoms with E-state index in [-0.39, 0.29) is 10.6 Å². The Labute approximate surface area is 178 Å². The van der Waals surface area contributed by atoms with Gasteiger partial charge in [-0.2, -0.15) is 0 Å². The van der Waals surface area contributed by atoms with E-state index in [2.05, 4.69) is 4.98 Å². The van der Waals surface area contributed by atoms with Gasteiger partial charge in [-0.25, -0.2) is 17.2 Å². The SMILES string of the molecule is COC(=O)c1cc2ccc(-c3ccc(Cl)cn3)cc2n1S(=O)(=O)c1ccc(C)cc1. The molecule has 0 amide bonds. The second kappa shape index (κ2) is 7.59. The lowest BCUT2D eigenvalue weighted by Gasteiger charge is -2.12. The van der Waals surface area contributed by atoms with Gasteiger partial charge in [-0.05, 0) is 43.3 Å². The highest BCUT2D eigenvalue weighted by Crippen LogP contribution is 2.30. The molecule has 30 heavy (non-hydrogen) atoms. The van der Waals surface area contributed by atoms with E-state index in [1.165, 1.54) is 31.5 Å². The molecule has 0 spiro atoms. The summed E-state index contributed by atoms with van der Waals surface area (Å²) >= 11 is 5.92. The van der Waals surface area contributed by atoms with Gasteiger partial charge < -0.3 is 4.74 Å². The van der Waals surface area contributed by atoms with Crippen LogP contribution in [-0.2, 0) is 14.8 Å². The van der Waals surface area contributed by atoms with Crippen LogP contribution in [-0.4, -0.2) is 30.5 Å². The molecule has 6 nitrogen and oxygen atoms in total. The first-order valence-corrected chi connectivity index (χ1v) is 10.8. The lowest BCUT2D eigenvalue weighted by atomic mass is 10.1. The number of benzene rings is 2. The summed E-state index contributed by atoms with van der Waals surface area (Å²) in [7, 11) is -2.84. The second-order valence-corrected chi connectivity index (χ2v) is 8.96. The highest BCUT2D eigenvalue weighted by atomic mass is 35.5. The number of methoxy groups -OCH3 is 1. The normalized spacial score (nSPS) is 11.6. The topological polar surface area (TPSA) is 78.3 Å². The molecule has 2 aromatic carbocycles. The number of nitrogens with zero attached hydrogens (tertiary/aromatic N) is 2. The van der Waals surface area contributed by atoms with Crippen LogP contribution in [0.25, 0.3) is 22.2 Å². The largest absolute Gasteiger partial charge is 0.464 e. The molecule has 0 N–H and O–H groups in total. The Kier molecular flexibility index (Phi) is 5.09. The first-order valence-electron chi connectivity index (χ1n) is 8.99. The molecule has 2 aromatic heterocycles. The number of rotatable bonds is 4. The number of ether oxygens (including phenoxy) is 1. The fourth-order valence-electron chi connectivity index (χ4n) is 3.20. The van der Waals surface area contributed by atoms with E-state index >= 15 is 0 Å². The third kappa shape index (κ3) is 3.46. The summed E-state index contributed by atoms with van der Waals surface area (Å²) in [6, 6.07) is 16.6. The Hall–Kier alpha value is -3.16. The summed E-state index contributed by atoms with van der Waals surface area (Å²) in [4.78, 5) is 16.8. The first kappa shape index (κ1) is 20.1. The highest BCUT2D eigenvalue weighted by molar-refractivity contribution is 7.90. The number of esters is 1. The Morgan fingerprint density at radius 1 is 1.03 bits per heavy atom. The Balaban J connectivity index is 1.99. The van der Waals surface area contributed by atoms with Gasteiger partial charge in [0, 0.05) is 17.1 Å². The van der Waals surface area contributed by atoms with Crippen molar-refractivity contribution in [2.45, 2.75) is 11.8 Å². The number of aromatic nitrogens is 2. The van der Waals surface area contributed by atoms with Crippen molar-refractivity contribution in [3.63, 3.8) is 0 Å². The summed E-state index contributed by atoms with van der Waals surface area (Å²) in [6.07, 6.45) is 1.52. The van der Waals surface area contributed by atoms with Crippen molar-refractivity contribution in [2.75, 3.05) is 7.11 Å². The van der Waals surface area contributed by atoms with E-state index < -0.39 is 16.0 Å². The molecule has 0 saturated heterocycles. The van der Waals surface area contributed by atoms with Gasteiger partial charge in [-0.1, -0.05) is 41.4 Å². The van der Waals surface area contributed by atoms with Gasteiger partial charge >= 0.3 is 5.97 Å². The Morgan fingerprint density at radius 3 is 2.40 bits per heavy atom. The molecule has 4 rings (SSSR count). The van der Waals surface area contributed by atoms with Gasteiger partial charge in [0.15, 0.2) is 0 Å². The number of halogens is 1. The molecule has 0 aliphatic carbocycles. The van der Waals surface area contributed by atoms with Crippen molar-refractivity contribution in [3.05, 3.63) is 83.1 Å². The fraction of sp³-hybridized carbons (Fsp3) is 0.0909. The van der Waals surface area contributed by atoms with E-state index in [1.807, 2.05) is 13.0 Å². The minimum atomic E-state index is -4.06. The highest BCUT2D eigenvalue weighted by Gasteiger charge is 2.27. The second-order valence-electron chi connectivity index (χ2n) is 6.74. The quantitative estimate of drug-likeness (QED) is 0.430. The fourth-order valence-corrected chi connectivity index (χ4v) is 4.81. The number of carbonyl (C=O) groups excluding carboxylic acids is 1. The van der Waals surface area contributed by atoms with Gasteiger partial charge in [0.1, 0.15) is 5.69 Å². The molecular formula is C22H17ClN2O4S. The average Bonchev–Trinajstić information content (AvgIpc) is 3.13. The maximum Gasteiger partial charge on any atom is 0.355 e. The molecule has 4 aromatic rings. The maximum atomic E-state index is 13.5. The van der Waals surface area contributed by atoms with Crippen LogP contribution in [0, 0.1) is 6.92 Å². The van der Waals surface area contributed by atoms with E-state index in [9.17, 15) is 13.2 Å². The van der Waals surface area contributed by atoms with Gasteiger partial charge in [0.2, 0.25) is 0 Å². The zero-order valence-electron chi connectivity index (χ0n) is 16.2. The molecule has 0 aliphatic rings. The third-order valence-corrected chi connectivity index (χ3v) is 6.70. The van der Waals surface area contributed by atoms with Gasteiger partial charge in [0.25, 0.3) is 10.0 Å². The number of hydrogen-bond donors (Lipinski definition) is 0. The molecule has 0 atom stereocenters. The van der Waals surface area contributed by atoms with Crippen LogP contribution in [0.5, 0.6) is 0 Å². The summed E-state index contributed by atoms with van der Waals surface area (Å²) in [6.45, 7) is 1.87. The first-order chi connectivity index (χ1) is 14.3. The van der Waals surface area contributed by atoms with Gasteiger partial charge in [-0.3, -0.25) is 4.98 Å². The third-order valence-electron chi connectivity index (χ3n) is 4.74. The van der Waals surface area contributed by atoms with Crippen LogP contribution in [0.2, 0.25) is 5.02 Å². The van der Waals surface area contributed by atoms with Crippen LogP contribution in [0.3, 0.4) is 0 Å². The van der Waals surface area contributed by atoms with Crippen molar-refractivity contribution < 1.29 is 17.9 Å². The van der Waals surface area contributed by atoms with Crippen LogP contribution in [0.1, 0.15) is 16.1 Å². The van der Waals surface area contributed by atoms with E-state index in [0.717, 1.165) is 9.54 Å². The average molecular weight is 441 g/mol. The molecule has 2 heterocycles. The predicted molar refractivity (Wildman–Crippen MR) is 115 cm³/mol. The number of pyridine rings is 1. The Morgan fingerprint density at radius 2 is 1.77 bits per heavy atom. The zero-order chi connectivity index (χ0) is 21.5. The molecule has 152 valence electrons. The maximum absolute atomic E-state index is 13.5. The van der Waals surface area contributed by atoms with E-state index in [0.29, 0.717) is 27.2 Å². The lowest BCUT2D eigenvalue weighted by Crippen LogP contribution is -2.19. The molecule has 0 unspecified atom stereocenters. The number of carbonyl (C=O) groups is 1. The predicted octanol–water partition coefficient (Wildman–Crippen LogP) is 4.69. The molecule has 8 heteroatoms. The number of aryl methyl sites for hydroxylation is 1. The smallest absolute Gasteiger partial charge is 0.355 e. The summed E-state index contributed by atoms with van der Waals surface area (Å²) in [5, 5.41) is 1.09. The molecule has 0 aliphatic heterocycles. The summed E-state index contributed by atoms with van der Waals surface area (Å²) in [5.74, 6) is -0.743. The standard InChI is InChI=1S/C22H17ClN2O4S/c1-14-3-8-18(9-4-14)30(27,28)25-20-11-15(19-10-7-17(23)13-24-19)5-6-16(20)12-21(25)22(26)29-2/h3-13H,1-2H3. The van der Waals surface area contributed by atoms with Crippen LogP contribution < -0.4 is 0 Å². The van der Waals surface area contributed by atoms with E-state index in [1.54, 1.807) is 36.4 Å². The number of fused-ring (bicyclic) bond motifs is 1. The molecule has 0 fully saturated rings. The minimum absolute atomic E-state index is 0.0747. The monoisotopic (exact) mass is 440 g/mol. The van der Waals surface area contributed by atoms with Crippen molar-refractivity contribution in [1.82, 2.24) is 8.96 Å². The number of hydrogen-bond acceptors (Lipinski definition) is 5. The summed E-state index contributed by atoms with van der Waals surface area (Å²) in [5.41, 5.74) is 2.52. The lowest BCUT2D eigenvalue weighted by molar-refractivity contribution is 0.0593. The van der Waals surface area contributed by atoms with Crippen molar-refractivity contribution >= 4 is 38.5 Å². The van der Waals surface area contributed by atoms with Gasteiger partial charge in [-0.15, -0.1) is 0 Å². The van der Waals surface area contributed by atoms with Gasteiger partial charge in [0.05, 0.1) is 28.2 Å². The van der Waals surface area contributed by atoms with Crippen molar-refractivity contribution in [3.8, 4) is 11.3 Å². The molecular weight excluding hydrogens is 424 g/mol. The van der Waals surface area contributed by atoms with Crippen LogP contribution in [0.4, 0.5) is 0 Å². The minimum Gasteiger partial charge on any atom is -0.464 e. The molecule has 0 bridgehead atoms. The van der Waals surface area contributed by atoms with Crippen molar-refractivity contribution in [2.24, 2.45) is 0 Å². The molecule has 0 radical (unpaired) electrons. The van der Waals surface area contributed by atoms with Crippen LogP contribution >= 0.6 is 11.6 Å².